The summed E-state index contributed by atoms with van der Waals surface area (Å²) in [5.41, 5.74) is 3.19. The minimum absolute atomic E-state index is 0.486. The Morgan fingerprint density at radius 1 is 1.24 bits per heavy atom. The minimum Gasteiger partial charge on any atom is -0.359 e. The first-order valence-electron chi connectivity index (χ1n) is 7.45. The lowest BCUT2D eigenvalue weighted by atomic mass is 10.1. The molecule has 2 rings (SSSR count). The van der Waals surface area contributed by atoms with Gasteiger partial charge in [-0.15, -0.1) is 11.6 Å². The maximum absolute atomic E-state index is 6.16. The van der Waals surface area contributed by atoms with E-state index in [1.54, 1.807) is 0 Å². The van der Waals surface area contributed by atoms with Crippen LogP contribution in [0.1, 0.15) is 31.5 Å². The van der Waals surface area contributed by atoms with Crippen LogP contribution in [0.3, 0.4) is 0 Å². The van der Waals surface area contributed by atoms with Crippen LogP contribution in [0.15, 0.2) is 30.3 Å². The summed E-state index contributed by atoms with van der Waals surface area (Å²) in [6, 6.07) is 10.2. The van der Waals surface area contributed by atoms with Crippen LogP contribution < -0.4 is 4.90 Å². The third kappa shape index (κ3) is 3.59. The molecule has 0 unspecified atom stereocenters. The van der Waals surface area contributed by atoms with Crippen LogP contribution in [0.25, 0.3) is 5.69 Å². The number of hydrogen-bond acceptors (Lipinski definition) is 2. The zero-order valence-electron chi connectivity index (χ0n) is 13.3. The highest BCUT2D eigenvalue weighted by Crippen LogP contribution is 2.28. The Bertz CT molecular complexity index is 575. The second kappa shape index (κ2) is 6.99. The van der Waals surface area contributed by atoms with Crippen molar-refractivity contribution in [3.05, 3.63) is 41.6 Å². The lowest BCUT2D eigenvalue weighted by Gasteiger charge is -2.22. The Morgan fingerprint density at radius 2 is 1.90 bits per heavy atom. The lowest BCUT2D eigenvalue weighted by Crippen LogP contribution is -2.23. The van der Waals surface area contributed by atoms with E-state index < -0.39 is 0 Å². The molecule has 1 heterocycles. The fourth-order valence-electron chi connectivity index (χ4n) is 2.40. The fourth-order valence-corrected chi connectivity index (χ4v) is 2.72. The van der Waals surface area contributed by atoms with E-state index in [1.807, 2.05) is 29.8 Å². The molecule has 3 nitrogen and oxygen atoms in total. The average molecular weight is 306 g/mol. The van der Waals surface area contributed by atoms with Crippen molar-refractivity contribution in [1.29, 1.82) is 0 Å². The maximum Gasteiger partial charge on any atom is 0.136 e. The van der Waals surface area contributed by atoms with Crippen LogP contribution in [0.2, 0.25) is 0 Å². The van der Waals surface area contributed by atoms with Gasteiger partial charge in [0, 0.05) is 19.2 Å². The van der Waals surface area contributed by atoms with Crippen molar-refractivity contribution >= 4 is 17.4 Å². The number of alkyl halides is 1. The van der Waals surface area contributed by atoms with E-state index in [4.69, 9.17) is 16.7 Å². The van der Waals surface area contributed by atoms with Crippen molar-refractivity contribution in [2.24, 2.45) is 5.92 Å². The van der Waals surface area contributed by atoms with E-state index in [9.17, 15) is 0 Å². The van der Waals surface area contributed by atoms with Gasteiger partial charge in [-0.3, -0.25) is 0 Å². The van der Waals surface area contributed by atoms with Gasteiger partial charge in [-0.05, 0) is 31.4 Å². The monoisotopic (exact) mass is 305 g/mol. The molecule has 0 spiro atoms. The van der Waals surface area contributed by atoms with Crippen molar-refractivity contribution in [2.45, 2.75) is 33.1 Å². The Kier molecular flexibility index (Phi) is 5.29. The minimum atomic E-state index is 0.486. The van der Waals surface area contributed by atoms with Crippen molar-refractivity contribution in [2.75, 3.05) is 18.5 Å². The molecule has 2 aromatic rings. The van der Waals surface area contributed by atoms with Gasteiger partial charge in [0.1, 0.15) is 5.82 Å². The second-order valence-electron chi connectivity index (χ2n) is 5.87. The standard InChI is InChI=1S/C17H24ClN3/c1-13(2)10-11-20(4)17-16(12-18)14(3)19-21(17)15-8-6-5-7-9-15/h5-9,13H,10-12H2,1-4H3. The summed E-state index contributed by atoms with van der Waals surface area (Å²) < 4.78 is 2.01. The Hall–Kier alpha value is -1.48. The van der Waals surface area contributed by atoms with Gasteiger partial charge in [0.15, 0.2) is 0 Å². The largest absolute Gasteiger partial charge is 0.359 e. The summed E-state index contributed by atoms with van der Waals surface area (Å²) >= 11 is 6.16. The molecule has 0 saturated carbocycles. The third-order valence-corrected chi connectivity index (χ3v) is 3.96. The van der Waals surface area contributed by atoms with Gasteiger partial charge in [-0.25, -0.2) is 4.68 Å². The smallest absolute Gasteiger partial charge is 0.136 e. The SMILES string of the molecule is Cc1nn(-c2ccccc2)c(N(C)CCC(C)C)c1CCl. The van der Waals surface area contributed by atoms with Crippen LogP contribution in [0.5, 0.6) is 0 Å². The van der Waals surface area contributed by atoms with E-state index in [0.717, 1.165) is 35.7 Å². The van der Waals surface area contributed by atoms with E-state index in [-0.39, 0.29) is 0 Å². The van der Waals surface area contributed by atoms with Gasteiger partial charge in [-0.1, -0.05) is 32.0 Å². The van der Waals surface area contributed by atoms with Crippen LogP contribution >= 0.6 is 11.6 Å². The number of nitrogens with zero attached hydrogens (tertiary/aromatic N) is 3. The summed E-state index contributed by atoms with van der Waals surface area (Å²) in [5.74, 6) is 2.27. The molecule has 0 bridgehead atoms. The van der Waals surface area contributed by atoms with E-state index in [1.165, 1.54) is 0 Å². The highest BCUT2D eigenvalue weighted by atomic mass is 35.5. The zero-order chi connectivity index (χ0) is 15.4. The predicted molar refractivity (Wildman–Crippen MR) is 90.6 cm³/mol. The van der Waals surface area contributed by atoms with E-state index in [0.29, 0.717) is 11.8 Å². The molecule has 114 valence electrons. The summed E-state index contributed by atoms with van der Waals surface area (Å²) in [7, 11) is 2.12. The number of aromatic nitrogens is 2. The number of anilines is 1. The first kappa shape index (κ1) is 15.9. The summed E-state index contributed by atoms with van der Waals surface area (Å²) in [5, 5.41) is 4.69. The zero-order valence-corrected chi connectivity index (χ0v) is 14.1. The van der Waals surface area contributed by atoms with E-state index in [2.05, 4.69) is 37.9 Å². The molecule has 21 heavy (non-hydrogen) atoms. The lowest BCUT2D eigenvalue weighted by molar-refractivity contribution is 0.581. The molecule has 1 aromatic heterocycles. The first-order chi connectivity index (χ1) is 10.0. The summed E-state index contributed by atoms with van der Waals surface area (Å²) in [6.07, 6.45) is 1.15. The molecule has 0 aliphatic carbocycles. The number of para-hydroxylation sites is 1. The normalized spacial score (nSPS) is 11.1. The van der Waals surface area contributed by atoms with E-state index >= 15 is 0 Å². The maximum atomic E-state index is 6.16. The van der Waals surface area contributed by atoms with Crippen molar-refractivity contribution < 1.29 is 0 Å². The molecule has 0 atom stereocenters. The summed E-state index contributed by atoms with van der Waals surface area (Å²) in [6.45, 7) is 7.52. The molecule has 0 aliphatic heterocycles. The molecule has 4 heteroatoms. The quantitative estimate of drug-likeness (QED) is 0.737. The number of rotatable bonds is 6. The molecule has 0 amide bonds. The molecule has 0 N–H and O–H groups in total. The highest BCUT2D eigenvalue weighted by molar-refractivity contribution is 6.17. The van der Waals surface area contributed by atoms with Crippen LogP contribution in [-0.2, 0) is 5.88 Å². The number of hydrogen-bond donors (Lipinski definition) is 0. The summed E-state index contributed by atoms with van der Waals surface area (Å²) in [4.78, 5) is 2.27. The highest BCUT2D eigenvalue weighted by Gasteiger charge is 2.19. The predicted octanol–water partition coefficient (Wildman–Crippen LogP) is 4.40. The van der Waals surface area contributed by atoms with Gasteiger partial charge in [0.05, 0.1) is 17.3 Å². The molecule has 1 aromatic carbocycles. The molecule has 0 aliphatic rings. The number of benzene rings is 1. The van der Waals surface area contributed by atoms with Crippen molar-refractivity contribution in [3.8, 4) is 5.69 Å². The van der Waals surface area contributed by atoms with Gasteiger partial charge in [0.2, 0.25) is 0 Å². The fraction of sp³-hybridized carbons (Fsp3) is 0.471. The second-order valence-corrected chi connectivity index (χ2v) is 6.14. The number of aryl methyl sites for hydroxylation is 1. The molecular weight excluding hydrogens is 282 g/mol. The van der Waals surface area contributed by atoms with Crippen molar-refractivity contribution in [3.63, 3.8) is 0 Å². The topological polar surface area (TPSA) is 21.1 Å². The molecule has 0 fully saturated rings. The van der Waals surface area contributed by atoms with Crippen LogP contribution in [0.4, 0.5) is 5.82 Å². The van der Waals surface area contributed by atoms with Gasteiger partial charge in [0.25, 0.3) is 0 Å². The Morgan fingerprint density at radius 3 is 2.48 bits per heavy atom. The average Bonchev–Trinajstić information content (AvgIpc) is 2.82. The van der Waals surface area contributed by atoms with Gasteiger partial charge >= 0.3 is 0 Å². The van der Waals surface area contributed by atoms with Crippen LogP contribution in [-0.4, -0.2) is 23.4 Å². The Labute approximate surface area is 132 Å². The van der Waals surface area contributed by atoms with Crippen LogP contribution in [0, 0.1) is 12.8 Å². The third-order valence-electron chi connectivity index (χ3n) is 3.70. The van der Waals surface area contributed by atoms with Crippen molar-refractivity contribution in [1.82, 2.24) is 9.78 Å². The number of halogens is 1. The molecular formula is C17H24ClN3. The first-order valence-corrected chi connectivity index (χ1v) is 7.99. The molecule has 0 radical (unpaired) electrons. The van der Waals surface area contributed by atoms with Gasteiger partial charge < -0.3 is 4.90 Å². The van der Waals surface area contributed by atoms with Gasteiger partial charge in [-0.2, -0.15) is 5.10 Å². The molecule has 0 saturated heterocycles. The Balaban J connectivity index is 2.42.